The molecule has 0 saturated carbocycles. The van der Waals surface area contributed by atoms with Crippen LogP contribution in [-0.4, -0.2) is 48.5 Å². The van der Waals surface area contributed by atoms with Crippen LogP contribution in [0, 0.1) is 13.8 Å². The highest BCUT2D eigenvalue weighted by molar-refractivity contribution is 7.93. The van der Waals surface area contributed by atoms with E-state index in [4.69, 9.17) is 0 Å². The molecule has 0 aromatic carbocycles. The molecule has 0 aliphatic heterocycles. The molecule has 0 aliphatic carbocycles. The van der Waals surface area contributed by atoms with Gasteiger partial charge >= 0.3 is 6.03 Å². The van der Waals surface area contributed by atoms with Crippen LogP contribution >= 0.6 is 11.3 Å². The molecule has 0 aliphatic rings. The summed E-state index contributed by atoms with van der Waals surface area (Å²) >= 11 is 1.05. The van der Waals surface area contributed by atoms with Gasteiger partial charge in [0.1, 0.15) is 0 Å². The van der Waals surface area contributed by atoms with Gasteiger partial charge in [-0.05, 0) is 19.9 Å². The van der Waals surface area contributed by atoms with Crippen LogP contribution in [0.5, 0.6) is 0 Å². The predicted octanol–water partition coefficient (Wildman–Crippen LogP) is 0.717. The number of nitrogens with zero attached hydrogens (tertiary/aromatic N) is 4. The van der Waals surface area contributed by atoms with E-state index in [-0.39, 0.29) is 10.9 Å². The maximum Gasteiger partial charge on any atom is 0.335 e. The summed E-state index contributed by atoms with van der Waals surface area (Å²) in [6.45, 7) is 3.37. The molecule has 3 aromatic rings. The van der Waals surface area contributed by atoms with Gasteiger partial charge in [-0.3, -0.25) is 9.72 Å². The Kier molecular flexibility index (Phi) is 4.65. The lowest BCUT2D eigenvalue weighted by Crippen LogP contribution is -2.36. The number of thiazole rings is 1. The summed E-state index contributed by atoms with van der Waals surface area (Å²) in [4.78, 5) is 24.1. The number of amides is 2. The average Bonchev–Trinajstić information content (AvgIpc) is 3.03. The number of nitrogens with one attached hydrogen (secondary N) is 2. The molecular formula is C13H14N6O5S3. The topological polar surface area (TPSA) is 152 Å². The van der Waals surface area contributed by atoms with Crippen LogP contribution in [0.3, 0.4) is 0 Å². The minimum atomic E-state index is -4.56. The molecule has 144 valence electrons. The Balaban J connectivity index is 1.96. The van der Waals surface area contributed by atoms with Gasteiger partial charge in [-0.15, -0.1) is 11.3 Å². The quantitative estimate of drug-likeness (QED) is 0.614. The lowest BCUT2D eigenvalue weighted by Gasteiger charge is -2.09. The average molecular weight is 430 g/mol. The SMILES string of the molecule is Cc1cc(C)nc(NC(=O)NS(=O)(=O)c2c(S(C)(=O)=O)nc3sccn23)n1. The van der Waals surface area contributed by atoms with Gasteiger partial charge in [0.25, 0.3) is 10.0 Å². The molecule has 3 aromatic heterocycles. The molecule has 0 fully saturated rings. The van der Waals surface area contributed by atoms with Crippen LogP contribution in [0.2, 0.25) is 0 Å². The molecular weight excluding hydrogens is 416 g/mol. The summed E-state index contributed by atoms with van der Waals surface area (Å²) in [5.74, 6) is -0.0856. The molecule has 0 unspecified atom stereocenters. The second-order valence-electron chi connectivity index (χ2n) is 5.58. The Hall–Kier alpha value is -2.58. The third-order valence-corrected chi connectivity index (χ3v) is 6.45. The number of anilines is 1. The maximum atomic E-state index is 12.7. The van der Waals surface area contributed by atoms with Gasteiger partial charge in [-0.2, -0.15) is 8.42 Å². The minimum Gasteiger partial charge on any atom is -0.278 e. The third-order valence-electron chi connectivity index (χ3n) is 3.23. The van der Waals surface area contributed by atoms with Gasteiger partial charge < -0.3 is 0 Å². The number of carbonyl (C=O) groups excluding carboxylic acids is 1. The van der Waals surface area contributed by atoms with Gasteiger partial charge in [-0.25, -0.2) is 32.9 Å². The molecule has 0 radical (unpaired) electrons. The van der Waals surface area contributed by atoms with Crippen molar-refractivity contribution in [3.05, 3.63) is 29.0 Å². The van der Waals surface area contributed by atoms with Gasteiger partial charge in [-0.1, -0.05) is 0 Å². The molecule has 2 amide bonds. The van der Waals surface area contributed by atoms with E-state index in [2.05, 4.69) is 20.3 Å². The van der Waals surface area contributed by atoms with Crippen LogP contribution in [0.15, 0.2) is 27.7 Å². The molecule has 0 saturated heterocycles. The fraction of sp³-hybridized carbons (Fsp3) is 0.231. The zero-order chi connectivity index (χ0) is 20.0. The Labute approximate surface area is 158 Å². The van der Waals surface area contributed by atoms with Crippen molar-refractivity contribution in [3.8, 4) is 0 Å². The van der Waals surface area contributed by atoms with Gasteiger partial charge in [0, 0.05) is 29.2 Å². The number of sulfonamides is 1. The molecule has 0 atom stereocenters. The van der Waals surface area contributed by atoms with E-state index in [0.717, 1.165) is 22.0 Å². The Morgan fingerprint density at radius 1 is 1.11 bits per heavy atom. The minimum absolute atomic E-state index is 0.0856. The van der Waals surface area contributed by atoms with Gasteiger partial charge in [0.15, 0.2) is 24.9 Å². The van der Waals surface area contributed by atoms with Crippen LogP contribution in [0.25, 0.3) is 4.96 Å². The maximum absolute atomic E-state index is 12.7. The van der Waals surface area contributed by atoms with Crippen LogP contribution in [-0.2, 0) is 19.9 Å². The van der Waals surface area contributed by atoms with Crippen molar-refractivity contribution in [3.63, 3.8) is 0 Å². The lowest BCUT2D eigenvalue weighted by molar-refractivity contribution is 0.256. The highest BCUT2D eigenvalue weighted by Crippen LogP contribution is 2.25. The van der Waals surface area contributed by atoms with Crippen molar-refractivity contribution in [2.24, 2.45) is 0 Å². The zero-order valence-corrected chi connectivity index (χ0v) is 16.7. The summed E-state index contributed by atoms with van der Waals surface area (Å²) in [6.07, 6.45) is 2.18. The summed E-state index contributed by atoms with van der Waals surface area (Å²) in [5.41, 5.74) is 1.16. The number of carbonyl (C=O) groups is 1. The molecule has 0 bridgehead atoms. The summed E-state index contributed by atoms with van der Waals surface area (Å²) in [5, 5.41) is 2.47. The normalized spacial score (nSPS) is 12.3. The summed E-state index contributed by atoms with van der Waals surface area (Å²) in [6, 6.07) is 0.544. The first-order valence-corrected chi connectivity index (χ1v) is 11.5. The van der Waals surface area contributed by atoms with Crippen molar-refractivity contribution in [2.45, 2.75) is 23.9 Å². The van der Waals surface area contributed by atoms with E-state index < -0.39 is 35.9 Å². The summed E-state index contributed by atoms with van der Waals surface area (Å²) < 4.78 is 52.1. The van der Waals surface area contributed by atoms with Crippen LogP contribution in [0.4, 0.5) is 10.7 Å². The first-order valence-electron chi connectivity index (χ1n) is 7.29. The van der Waals surface area contributed by atoms with Crippen molar-refractivity contribution in [2.75, 3.05) is 11.6 Å². The van der Waals surface area contributed by atoms with E-state index in [1.165, 1.54) is 11.6 Å². The molecule has 11 nitrogen and oxygen atoms in total. The first-order chi connectivity index (χ1) is 12.5. The number of fused-ring (bicyclic) bond motifs is 1. The monoisotopic (exact) mass is 430 g/mol. The molecule has 27 heavy (non-hydrogen) atoms. The highest BCUT2D eigenvalue weighted by Gasteiger charge is 2.32. The lowest BCUT2D eigenvalue weighted by atomic mass is 10.4. The second kappa shape index (κ2) is 6.54. The highest BCUT2D eigenvalue weighted by atomic mass is 32.2. The second-order valence-corrected chi connectivity index (χ2v) is 9.99. The Morgan fingerprint density at radius 2 is 1.74 bits per heavy atom. The van der Waals surface area contributed by atoms with E-state index in [9.17, 15) is 21.6 Å². The largest absolute Gasteiger partial charge is 0.335 e. The number of urea groups is 1. The van der Waals surface area contributed by atoms with Gasteiger partial charge in [0.05, 0.1) is 0 Å². The van der Waals surface area contributed by atoms with Crippen molar-refractivity contribution in [1.29, 1.82) is 0 Å². The van der Waals surface area contributed by atoms with E-state index in [1.807, 2.05) is 0 Å². The number of imidazole rings is 1. The van der Waals surface area contributed by atoms with Crippen LogP contribution in [0.1, 0.15) is 11.4 Å². The number of hydrogen-bond donors (Lipinski definition) is 2. The molecule has 0 spiro atoms. The molecule has 2 N–H and O–H groups in total. The number of aryl methyl sites for hydroxylation is 2. The number of sulfone groups is 1. The van der Waals surface area contributed by atoms with E-state index in [0.29, 0.717) is 11.4 Å². The predicted molar refractivity (Wildman–Crippen MR) is 97.0 cm³/mol. The summed E-state index contributed by atoms with van der Waals surface area (Å²) in [7, 11) is -8.51. The van der Waals surface area contributed by atoms with Gasteiger partial charge in [0.2, 0.25) is 5.95 Å². The fourth-order valence-corrected chi connectivity index (χ4v) is 5.66. The smallest absolute Gasteiger partial charge is 0.278 e. The zero-order valence-electron chi connectivity index (χ0n) is 14.3. The third kappa shape index (κ3) is 3.91. The number of rotatable bonds is 4. The Bertz CT molecular complexity index is 1240. The van der Waals surface area contributed by atoms with Crippen molar-refractivity contribution in [1.82, 2.24) is 24.1 Å². The number of hydrogen-bond acceptors (Lipinski definition) is 9. The first kappa shape index (κ1) is 19.2. The number of aromatic nitrogens is 4. The molecule has 3 rings (SSSR count). The molecule has 14 heteroatoms. The van der Waals surface area contributed by atoms with Crippen molar-refractivity contribution < 1.29 is 21.6 Å². The molecule has 3 heterocycles. The van der Waals surface area contributed by atoms with Crippen LogP contribution < -0.4 is 10.0 Å². The van der Waals surface area contributed by atoms with Crippen molar-refractivity contribution >= 4 is 48.1 Å². The standard InChI is InChI=1S/C13H14N6O5S3/c1-7-6-8(2)15-11(14-7)17-12(20)18-27(23,24)10-9(26(3,21)22)16-13-19(10)4-5-25-13/h4-6H,1-3H3,(H2,14,15,17,18,20). The Morgan fingerprint density at radius 3 is 2.33 bits per heavy atom. The van der Waals surface area contributed by atoms with E-state index >= 15 is 0 Å². The fourth-order valence-electron chi connectivity index (χ4n) is 2.31. The van der Waals surface area contributed by atoms with E-state index in [1.54, 1.807) is 24.6 Å².